The number of aryl methyl sites for hydroxylation is 1. The van der Waals surface area contributed by atoms with Crippen molar-refractivity contribution in [3.05, 3.63) is 47.4 Å². The number of anilines is 1. The summed E-state index contributed by atoms with van der Waals surface area (Å²) < 4.78 is 26.9. The molecule has 1 aliphatic heterocycles. The van der Waals surface area contributed by atoms with Crippen molar-refractivity contribution >= 4 is 27.4 Å². The van der Waals surface area contributed by atoms with Gasteiger partial charge >= 0.3 is 0 Å². The smallest absolute Gasteiger partial charge is 0.243 e. The maximum absolute atomic E-state index is 12.7. The Morgan fingerprint density at radius 1 is 1.17 bits per heavy atom. The van der Waals surface area contributed by atoms with Crippen LogP contribution in [0.15, 0.2) is 41.6 Å². The van der Waals surface area contributed by atoms with E-state index in [0.717, 1.165) is 5.56 Å². The largest absolute Gasteiger partial charge is 0.366 e. The SMILES string of the molecule is Cc1ccc(S(=O)(=O)N2CCC(Nc3cncc(Cl)n3)CC2)cc1. The topological polar surface area (TPSA) is 75.2 Å². The van der Waals surface area contributed by atoms with Crippen molar-refractivity contribution in [3.8, 4) is 0 Å². The van der Waals surface area contributed by atoms with Crippen molar-refractivity contribution in [1.82, 2.24) is 14.3 Å². The minimum atomic E-state index is -3.43. The Hall–Kier alpha value is -1.70. The van der Waals surface area contributed by atoms with Gasteiger partial charge in [0.25, 0.3) is 0 Å². The Morgan fingerprint density at radius 2 is 1.83 bits per heavy atom. The second-order valence-electron chi connectivity index (χ2n) is 5.86. The van der Waals surface area contributed by atoms with Crippen LogP contribution in [0, 0.1) is 6.92 Å². The first kappa shape index (κ1) is 17.1. The van der Waals surface area contributed by atoms with Crippen LogP contribution >= 0.6 is 11.6 Å². The zero-order valence-corrected chi connectivity index (χ0v) is 14.9. The fourth-order valence-corrected chi connectivity index (χ4v) is 4.34. The van der Waals surface area contributed by atoms with Gasteiger partial charge in [-0.2, -0.15) is 4.31 Å². The third-order valence-electron chi connectivity index (χ3n) is 4.07. The first-order valence-electron chi connectivity index (χ1n) is 7.76. The summed E-state index contributed by atoms with van der Waals surface area (Å²) >= 11 is 5.82. The maximum Gasteiger partial charge on any atom is 0.243 e. The van der Waals surface area contributed by atoms with E-state index in [1.807, 2.05) is 19.1 Å². The summed E-state index contributed by atoms with van der Waals surface area (Å²) in [5.74, 6) is 0.613. The molecule has 0 spiro atoms. The molecule has 0 amide bonds. The monoisotopic (exact) mass is 366 g/mol. The lowest BCUT2D eigenvalue weighted by molar-refractivity contribution is 0.329. The van der Waals surface area contributed by atoms with Crippen molar-refractivity contribution in [2.45, 2.75) is 30.7 Å². The van der Waals surface area contributed by atoms with E-state index >= 15 is 0 Å². The van der Waals surface area contributed by atoms with Crippen LogP contribution in [-0.2, 0) is 10.0 Å². The van der Waals surface area contributed by atoms with Crippen LogP contribution in [0.5, 0.6) is 0 Å². The number of hydrogen-bond acceptors (Lipinski definition) is 5. The highest BCUT2D eigenvalue weighted by Gasteiger charge is 2.29. The van der Waals surface area contributed by atoms with E-state index in [-0.39, 0.29) is 6.04 Å². The van der Waals surface area contributed by atoms with Crippen LogP contribution in [0.2, 0.25) is 5.15 Å². The van der Waals surface area contributed by atoms with Crippen LogP contribution in [0.1, 0.15) is 18.4 Å². The van der Waals surface area contributed by atoms with E-state index in [4.69, 9.17) is 11.6 Å². The zero-order chi connectivity index (χ0) is 17.2. The number of sulfonamides is 1. The fourth-order valence-electron chi connectivity index (χ4n) is 2.72. The van der Waals surface area contributed by atoms with E-state index in [1.54, 1.807) is 22.6 Å². The summed E-state index contributed by atoms with van der Waals surface area (Å²) in [5.41, 5.74) is 1.04. The summed E-state index contributed by atoms with van der Waals surface area (Å²) in [5, 5.41) is 3.59. The fraction of sp³-hybridized carbons (Fsp3) is 0.375. The van der Waals surface area contributed by atoms with Crippen molar-refractivity contribution in [2.24, 2.45) is 0 Å². The van der Waals surface area contributed by atoms with Crippen LogP contribution in [-0.4, -0.2) is 41.8 Å². The molecule has 8 heteroatoms. The number of hydrogen-bond donors (Lipinski definition) is 1. The number of halogens is 1. The van der Waals surface area contributed by atoms with Crippen molar-refractivity contribution in [3.63, 3.8) is 0 Å². The molecular formula is C16H19ClN4O2S. The summed E-state index contributed by atoms with van der Waals surface area (Å²) in [6.07, 6.45) is 4.50. The molecule has 0 bridgehead atoms. The number of benzene rings is 1. The molecule has 1 aromatic carbocycles. The molecule has 6 nitrogen and oxygen atoms in total. The average molecular weight is 367 g/mol. The first-order chi connectivity index (χ1) is 11.4. The molecule has 1 N–H and O–H groups in total. The molecule has 24 heavy (non-hydrogen) atoms. The molecular weight excluding hydrogens is 348 g/mol. The lowest BCUT2D eigenvalue weighted by atomic mass is 10.1. The van der Waals surface area contributed by atoms with Crippen molar-refractivity contribution in [1.29, 1.82) is 0 Å². The number of nitrogens with one attached hydrogen (secondary N) is 1. The van der Waals surface area contributed by atoms with Gasteiger partial charge in [-0.15, -0.1) is 0 Å². The molecule has 0 unspecified atom stereocenters. The van der Waals surface area contributed by atoms with E-state index in [9.17, 15) is 8.42 Å². The zero-order valence-electron chi connectivity index (χ0n) is 13.3. The average Bonchev–Trinajstić information content (AvgIpc) is 2.56. The molecule has 0 saturated carbocycles. The maximum atomic E-state index is 12.7. The predicted octanol–water partition coefficient (Wildman–Crippen LogP) is 2.70. The Morgan fingerprint density at radius 3 is 2.46 bits per heavy atom. The van der Waals surface area contributed by atoms with Gasteiger partial charge in [0.2, 0.25) is 10.0 Å². The second kappa shape index (κ2) is 7.04. The Kier molecular flexibility index (Phi) is 5.03. The molecule has 128 valence electrons. The number of piperidine rings is 1. The van der Waals surface area contributed by atoms with Gasteiger partial charge in [-0.1, -0.05) is 29.3 Å². The lowest BCUT2D eigenvalue weighted by Gasteiger charge is -2.31. The van der Waals surface area contributed by atoms with Gasteiger partial charge in [0.05, 0.1) is 17.3 Å². The Balaban J connectivity index is 1.63. The molecule has 1 saturated heterocycles. The van der Waals surface area contributed by atoms with Crippen LogP contribution in [0.25, 0.3) is 0 Å². The third-order valence-corrected chi connectivity index (χ3v) is 6.16. The number of aromatic nitrogens is 2. The molecule has 2 aromatic rings. The van der Waals surface area contributed by atoms with E-state index in [1.165, 1.54) is 6.20 Å². The van der Waals surface area contributed by atoms with E-state index in [0.29, 0.717) is 41.8 Å². The first-order valence-corrected chi connectivity index (χ1v) is 9.58. The Labute approximate surface area is 146 Å². The predicted molar refractivity (Wildman–Crippen MR) is 93.6 cm³/mol. The molecule has 0 aliphatic carbocycles. The summed E-state index contributed by atoms with van der Waals surface area (Å²) in [6.45, 7) is 2.88. The van der Waals surface area contributed by atoms with Gasteiger partial charge in [-0.3, -0.25) is 4.98 Å². The minimum absolute atomic E-state index is 0.155. The van der Waals surface area contributed by atoms with Crippen LogP contribution < -0.4 is 5.32 Å². The standard InChI is InChI=1S/C16H19ClN4O2S/c1-12-2-4-14(5-3-12)24(22,23)21-8-6-13(7-9-21)19-16-11-18-10-15(17)20-16/h2-5,10-11,13H,6-9H2,1H3,(H,19,20). The van der Waals surface area contributed by atoms with Crippen molar-refractivity contribution in [2.75, 3.05) is 18.4 Å². The van der Waals surface area contributed by atoms with Gasteiger partial charge in [-0.05, 0) is 31.9 Å². The van der Waals surface area contributed by atoms with E-state index in [2.05, 4.69) is 15.3 Å². The van der Waals surface area contributed by atoms with Gasteiger partial charge in [0.15, 0.2) is 0 Å². The third kappa shape index (κ3) is 3.85. The summed E-state index contributed by atoms with van der Waals surface area (Å²) in [4.78, 5) is 8.49. The minimum Gasteiger partial charge on any atom is -0.366 e. The highest BCUT2D eigenvalue weighted by molar-refractivity contribution is 7.89. The summed E-state index contributed by atoms with van der Waals surface area (Å²) in [6, 6.07) is 7.12. The second-order valence-corrected chi connectivity index (χ2v) is 8.19. The number of nitrogens with zero attached hydrogens (tertiary/aromatic N) is 3. The quantitative estimate of drug-likeness (QED) is 0.900. The molecule has 3 rings (SSSR count). The highest BCUT2D eigenvalue weighted by atomic mass is 35.5. The molecule has 0 radical (unpaired) electrons. The lowest BCUT2D eigenvalue weighted by Crippen LogP contribution is -2.42. The van der Waals surface area contributed by atoms with Gasteiger partial charge < -0.3 is 5.32 Å². The normalized spacial score (nSPS) is 16.9. The molecule has 1 fully saturated rings. The van der Waals surface area contributed by atoms with Crippen LogP contribution in [0.3, 0.4) is 0 Å². The Bertz CT molecular complexity index is 803. The molecule has 0 atom stereocenters. The van der Waals surface area contributed by atoms with Gasteiger partial charge in [-0.25, -0.2) is 13.4 Å². The highest BCUT2D eigenvalue weighted by Crippen LogP contribution is 2.22. The van der Waals surface area contributed by atoms with Gasteiger partial charge in [0, 0.05) is 19.1 Å². The summed E-state index contributed by atoms with van der Waals surface area (Å²) in [7, 11) is -3.43. The van der Waals surface area contributed by atoms with Crippen LogP contribution in [0.4, 0.5) is 5.82 Å². The van der Waals surface area contributed by atoms with Gasteiger partial charge in [0.1, 0.15) is 11.0 Å². The van der Waals surface area contributed by atoms with E-state index < -0.39 is 10.0 Å². The molecule has 1 aliphatic rings. The van der Waals surface area contributed by atoms with Crippen molar-refractivity contribution < 1.29 is 8.42 Å². The molecule has 1 aromatic heterocycles. The molecule has 2 heterocycles. The number of rotatable bonds is 4.